The van der Waals surface area contributed by atoms with Gasteiger partial charge in [0.15, 0.2) is 5.96 Å². The molecule has 0 spiro atoms. The zero-order valence-corrected chi connectivity index (χ0v) is 24.7. The van der Waals surface area contributed by atoms with E-state index in [4.69, 9.17) is 15.5 Å². The van der Waals surface area contributed by atoms with Gasteiger partial charge in [-0.25, -0.2) is 9.98 Å². The molecule has 41 heavy (non-hydrogen) atoms. The van der Waals surface area contributed by atoms with Crippen molar-refractivity contribution in [3.8, 4) is 11.6 Å². The van der Waals surface area contributed by atoms with E-state index in [0.717, 1.165) is 56.2 Å². The van der Waals surface area contributed by atoms with Gasteiger partial charge in [0.2, 0.25) is 11.8 Å². The molecule has 3 N–H and O–H groups in total. The SMILES string of the molecule is NC1=Nc2cnc(Oc3ccccc3)cc2CN1[C@@H](CCC(=O)N(CC(=O)O)C1CCCCC1)C1CCCCC1.S. The highest BCUT2D eigenvalue weighted by Crippen LogP contribution is 2.36. The molecule has 10 heteroatoms. The summed E-state index contributed by atoms with van der Waals surface area (Å²) in [6, 6.07) is 11.5. The maximum Gasteiger partial charge on any atom is 0.323 e. The standard InChI is InChI=1S/C31H41N5O4.H2S/c32-31-34-26-19-33-28(40-25-14-8-3-9-15-25)18-23(26)20-36(31)27(22-10-4-1-5-11-22)16-17-29(37)35(21-30(38)39)24-12-6-2-7-13-24;/h3,8-9,14-15,18-19,22,24,27H,1-2,4-7,10-13,16-17,20-21H2,(H2,32,34)(H,38,39);1H2/t27-;/m0./s1. The minimum atomic E-state index is -0.950. The third kappa shape index (κ3) is 7.93. The monoisotopic (exact) mass is 581 g/mol. The van der Waals surface area contributed by atoms with Gasteiger partial charge in [-0.05, 0) is 50.2 Å². The fourth-order valence-corrected chi connectivity index (χ4v) is 6.64. The van der Waals surface area contributed by atoms with Gasteiger partial charge in [0.1, 0.15) is 12.3 Å². The van der Waals surface area contributed by atoms with Gasteiger partial charge in [0, 0.05) is 36.7 Å². The number of carbonyl (C=O) groups excluding carboxylic acids is 1. The van der Waals surface area contributed by atoms with Crippen molar-refractivity contribution in [3.05, 3.63) is 48.2 Å². The van der Waals surface area contributed by atoms with Crippen LogP contribution in [-0.4, -0.2) is 56.4 Å². The van der Waals surface area contributed by atoms with Crippen molar-refractivity contribution in [2.45, 2.75) is 95.7 Å². The molecule has 1 aromatic carbocycles. The van der Waals surface area contributed by atoms with Crippen molar-refractivity contribution in [1.29, 1.82) is 0 Å². The smallest absolute Gasteiger partial charge is 0.323 e. The molecule has 2 fully saturated rings. The lowest BCUT2D eigenvalue weighted by molar-refractivity contribution is -0.147. The number of benzene rings is 1. The molecule has 0 radical (unpaired) electrons. The molecule has 1 aromatic heterocycles. The number of nitrogens with zero attached hydrogens (tertiary/aromatic N) is 4. The average Bonchev–Trinajstić information content (AvgIpc) is 2.97. The first-order valence-corrected chi connectivity index (χ1v) is 14.8. The van der Waals surface area contributed by atoms with Gasteiger partial charge in [0.05, 0.1) is 11.9 Å². The number of rotatable bonds is 10. The molecular weight excluding hydrogens is 538 g/mol. The number of hydrogen-bond donors (Lipinski definition) is 2. The van der Waals surface area contributed by atoms with E-state index in [0.29, 0.717) is 42.9 Å². The summed E-state index contributed by atoms with van der Waals surface area (Å²) >= 11 is 0. The molecule has 3 aliphatic rings. The molecule has 2 aromatic rings. The number of aliphatic carboxylic acids is 1. The quantitative estimate of drug-likeness (QED) is 0.368. The summed E-state index contributed by atoms with van der Waals surface area (Å²) in [5, 5.41) is 9.54. The fraction of sp³-hybridized carbons (Fsp3) is 0.548. The number of carboxylic acids is 1. The summed E-state index contributed by atoms with van der Waals surface area (Å²) in [5.41, 5.74) is 8.27. The first kappa shape index (κ1) is 30.7. The summed E-state index contributed by atoms with van der Waals surface area (Å²) < 4.78 is 5.97. The van der Waals surface area contributed by atoms with Crippen molar-refractivity contribution in [2.75, 3.05) is 6.54 Å². The Kier molecular flexibility index (Phi) is 10.9. The van der Waals surface area contributed by atoms with Crippen molar-refractivity contribution in [3.63, 3.8) is 0 Å². The van der Waals surface area contributed by atoms with Gasteiger partial charge in [-0.1, -0.05) is 56.7 Å². The normalized spacial score (nSPS) is 18.4. The Hall–Kier alpha value is -3.27. The van der Waals surface area contributed by atoms with E-state index in [-0.39, 0.29) is 38.0 Å². The summed E-state index contributed by atoms with van der Waals surface area (Å²) in [7, 11) is 0. The number of para-hydroxylation sites is 1. The second kappa shape index (κ2) is 14.6. The van der Waals surface area contributed by atoms with Crippen LogP contribution in [0.4, 0.5) is 5.69 Å². The third-order valence-corrected chi connectivity index (χ3v) is 8.67. The number of fused-ring (bicyclic) bond motifs is 1. The van der Waals surface area contributed by atoms with E-state index in [2.05, 4.69) is 9.88 Å². The topological polar surface area (TPSA) is 121 Å². The van der Waals surface area contributed by atoms with Gasteiger partial charge in [-0.15, -0.1) is 0 Å². The number of amides is 1. The van der Waals surface area contributed by atoms with Crippen LogP contribution in [0.5, 0.6) is 11.6 Å². The van der Waals surface area contributed by atoms with Gasteiger partial charge in [-0.2, -0.15) is 13.5 Å². The summed E-state index contributed by atoms with van der Waals surface area (Å²) in [5.74, 6) is 1.06. The Morgan fingerprint density at radius 1 is 1.05 bits per heavy atom. The predicted octanol–water partition coefficient (Wildman–Crippen LogP) is 5.72. The summed E-state index contributed by atoms with van der Waals surface area (Å²) in [4.78, 5) is 38.0. The molecule has 5 rings (SSSR count). The number of nitrogens with two attached hydrogens (primary N) is 1. The van der Waals surface area contributed by atoms with Crippen molar-refractivity contribution in [1.82, 2.24) is 14.8 Å². The minimum absolute atomic E-state index is 0. The molecule has 0 bridgehead atoms. The van der Waals surface area contributed by atoms with Crippen molar-refractivity contribution < 1.29 is 19.4 Å². The highest BCUT2D eigenvalue weighted by Gasteiger charge is 2.34. The Morgan fingerprint density at radius 2 is 1.73 bits per heavy atom. The fourth-order valence-electron chi connectivity index (χ4n) is 6.64. The Labute approximate surface area is 249 Å². The van der Waals surface area contributed by atoms with Crippen LogP contribution in [0.15, 0.2) is 47.6 Å². The number of aromatic nitrogens is 1. The van der Waals surface area contributed by atoms with Crippen LogP contribution in [0, 0.1) is 5.92 Å². The average molecular weight is 582 g/mol. The van der Waals surface area contributed by atoms with Crippen LogP contribution in [0.1, 0.15) is 82.6 Å². The van der Waals surface area contributed by atoms with Crippen molar-refractivity contribution in [2.24, 2.45) is 16.6 Å². The first-order chi connectivity index (χ1) is 19.5. The molecular formula is C31H43N5O4S. The zero-order chi connectivity index (χ0) is 27.9. The number of hydrogen-bond acceptors (Lipinski definition) is 7. The number of guanidine groups is 1. The van der Waals surface area contributed by atoms with Gasteiger partial charge >= 0.3 is 5.97 Å². The van der Waals surface area contributed by atoms with Crippen LogP contribution in [-0.2, 0) is 16.1 Å². The molecule has 9 nitrogen and oxygen atoms in total. The predicted molar refractivity (Wildman–Crippen MR) is 164 cm³/mol. The minimum Gasteiger partial charge on any atom is -0.480 e. The highest BCUT2D eigenvalue weighted by molar-refractivity contribution is 7.59. The molecule has 0 unspecified atom stereocenters. The Bertz CT molecular complexity index is 1200. The maximum atomic E-state index is 13.5. The number of pyridine rings is 1. The van der Waals surface area contributed by atoms with E-state index in [1.807, 2.05) is 36.4 Å². The Morgan fingerprint density at radius 3 is 2.41 bits per heavy atom. The molecule has 1 atom stereocenters. The molecule has 2 heterocycles. The van der Waals surface area contributed by atoms with Gasteiger partial charge in [0.25, 0.3) is 0 Å². The largest absolute Gasteiger partial charge is 0.480 e. The van der Waals surface area contributed by atoms with Gasteiger partial charge < -0.3 is 25.4 Å². The summed E-state index contributed by atoms with van der Waals surface area (Å²) in [6.07, 6.45) is 13.4. The molecule has 222 valence electrons. The molecule has 0 saturated heterocycles. The van der Waals surface area contributed by atoms with E-state index in [1.165, 1.54) is 19.3 Å². The maximum absolute atomic E-state index is 13.5. The Balaban J connectivity index is 0.00000387. The molecule has 1 amide bonds. The van der Waals surface area contributed by atoms with Crippen LogP contribution < -0.4 is 10.5 Å². The van der Waals surface area contributed by atoms with E-state index in [9.17, 15) is 14.7 Å². The second-order valence-corrected chi connectivity index (χ2v) is 11.4. The van der Waals surface area contributed by atoms with Crippen LogP contribution in [0.3, 0.4) is 0 Å². The zero-order valence-electron chi connectivity index (χ0n) is 23.7. The lowest BCUT2D eigenvalue weighted by Crippen LogP contribution is -2.50. The number of ether oxygens (including phenoxy) is 1. The lowest BCUT2D eigenvalue weighted by Gasteiger charge is -2.41. The number of aliphatic imine (C=N–C) groups is 1. The van der Waals surface area contributed by atoms with Crippen molar-refractivity contribution >= 4 is 37.0 Å². The highest BCUT2D eigenvalue weighted by atomic mass is 32.1. The van der Waals surface area contributed by atoms with Crippen LogP contribution >= 0.6 is 13.5 Å². The molecule has 2 saturated carbocycles. The van der Waals surface area contributed by atoms with Gasteiger partial charge in [-0.3, -0.25) is 9.59 Å². The lowest BCUT2D eigenvalue weighted by atomic mass is 9.81. The van der Waals surface area contributed by atoms with Crippen LogP contribution in [0.25, 0.3) is 0 Å². The van der Waals surface area contributed by atoms with E-state index >= 15 is 0 Å². The summed E-state index contributed by atoms with van der Waals surface area (Å²) in [6.45, 7) is 0.338. The van der Waals surface area contributed by atoms with Crippen LogP contribution in [0.2, 0.25) is 0 Å². The number of carbonyl (C=O) groups is 2. The van der Waals surface area contributed by atoms with E-state index < -0.39 is 5.97 Å². The number of carboxylic acid groups (broad SMARTS) is 1. The third-order valence-electron chi connectivity index (χ3n) is 8.67. The molecule has 2 aliphatic carbocycles. The first-order valence-electron chi connectivity index (χ1n) is 14.8. The van der Waals surface area contributed by atoms with E-state index in [1.54, 1.807) is 11.1 Å². The molecule has 1 aliphatic heterocycles. The second-order valence-electron chi connectivity index (χ2n) is 11.4.